The Balaban J connectivity index is 1.17. The molecular formula is C32H34N4O2. The van der Waals surface area contributed by atoms with E-state index >= 15 is 0 Å². The maximum absolute atomic E-state index is 6.34. The molecule has 0 N–H and O–H groups in total. The molecule has 4 aliphatic heterocycles. The van der Waals surface area contributed by atoms with Gasteiger partial charge < -0.3 is 9.47 Å². The van der Waals surface area contributed by atoms with Crippen molar-refractivity contribution in [2.45, 2.75) is 74.0 Å². The van der Waals surface area contributed by atoms with Gasteiger partial charge in [0.05, 0.1) is 23.2 Å². The van der Waals surface area contributed by atoms with E-state index in [-0.39, 0.29) is 11.2 Å². The van der Waals surface area contributed by atoms with Crippen LogP contribution in [-0.2, 0) is 22.3 Å². The van der Waals surface area contributed by atoms with Gasteiger partial charge in [-0.15, -0.1) is 0 Å². The lowest BCUT2D eigenvalue weighted by molar-refractivity contribution is 0.153. The first kappa shape index (κ1) is 21.2. The zero-order chi connectivity index (χ0) is 25.3. The number of likely N-dealkylation sites (tertiary alicyclic amines) is 2. The minimum Gasteiger partial charge on any atom is -0.364 e. The second kappa shape index (κ2) is 6.39. The summed E-state index contributed by atoms with van der Waals surface area (Å²) in [6, 6.07) is 14.9. The third-order valence-electron chi connectivity index (χ3n) is 11.3. The SMILES string of the molecule is CN1CC2(C)OC2C2c3cccc4c3c(cn4-n3cc4c5c(cccc53)C3C(C4)N(C)CC4(C)OC34)CC21. The molecule has 6 nitrogen and oxygen atoms in total. The van der Waals surface area contributed by atoms with Crippen LogP contribution in [0.2, 0.25) is 0 Å². The molecule has 6 heteroatoms. The number of hydrogen-bond acceptors (Lipinski definition) is 4. The van der Waals surface area contributed by atoms with Crippen molar-refractivity contribution in [1.29, 1.82) is 0 Å². The molecule has 0 radical (unpaired) electrons. The zero-order valence-corrected chi connectivity index (χ0v) is 22.5. The van der Waals surface area contributed by atoms with Crippen LogP contribution in [0.5, 0.6) is 0 Å². The number of piperidine rings is 2. The van der Waals surface area contributed by atoms with E-state index in [9.17, 15) is 0 Å². The van der Waals surface area contributed by atoms with Crippen LogP contribution in [0.3, 0.4) is 0 Å². The Bertz CT molecular complexity index is 1590. The Kier molecular flexibility index (Phi) is 3.57. The Morgan fingerprint density at radius 3 is 1.58 bits per heavy atom. The highest BCUT2D eigenvalue weighted by atomic mass is 16.6. The first-order valence-corrected chi connectivity index (χ1v) is 14.4. The van der Waals surface area contributed by atoms with Gasteiger partial charge in [0.1, 0.15) is 11.2 Å². The monoisotopic (exact) mass is 506 g/mol. The van der Waals surface area contributed by atoms with Crippen LogP contribution < -0.4 is 0 Å². The summed E-state index contributed by atoms with van der Waals surface area (Å²) >= 11 is 0. The van der Waals surface area contributed by atoms with Crippen molar-refractivity contribution >= 4 is 21.8 Å². The van der Waals surface area contributed by atoms with E-state index in [1.54, 1.807) is 0 Å². The molecule has 8 unspecified atom stereocenters. The van der Waals surface area contributed by atoms with E-state index in [0.717, 1.165) is 25.9 Å². The van der Waals surface area contributed by atoms with Gasteiger partial charge in [-0.2, -0.15) is 0 Å². The van der Waals surface area contributed by atoms with Gasteiger partial charge in [0.25, 0.3) is 0 Å². The number of likely N-dealkylation sites (N-methyl/N-ethyl adjacent to an activating group) is 2. The third-order valence-corrected chi connectivity index (χ3v) is 11.3. The quantitative estimate of drug-likeness (QED) is 0.364. The van der Waals surface area contributed by atoms with Crippen molar-refractivity contribution in [3.63, 3.8) is 0 Å². The molecule has 0 amide bonds. The van der Waals surface area contributed by atoms with E-state index in [2.05, 4.69) is 95.9 Å². The van der Waals surface area contributed by atoms with Gasteiger partial charge in [-0.05, 0) is 75.2 Å². The molecule has 4 fully saturated rings. The van der Waals surface area contributed by atoms with Crippen molar-refractivity contribution in [1.82, 2.24) is 19.2 Å². The summed E-state index contributed by atoms with van der Waals surface area (Å²) < 4.78 is 17.6. The van der Waals surface area contributed by atoms with Crippen LogP contribution >= 0.6 is 0 Å². The van der Waals surface area contributed by atoms with Gasteiger partial charge in [0, 0.05) is 60.2 Å². The lowest BCUT2D eigenvalue weighted by atomic mass is 9.73. The Labute approximate surface area is 222 Å². The number of ether oxygens (including phenoxy) is 2. The first-order valence-electron chi connectivity index (χ1n) is 14.4. The van der Waals surface area contributed by atoms with E-state index in [0.29, 0.717) is 36.1 Å². The fourth-order valence-electron chi connectivity index (χ4n) is 9.59. The number of benzene rings is 2. The average molecular weight is 507 g/mol. The van der Waals surface area contributed by atoms with E-state index < -0.39 is 0 Å². The maximum Gasteiger partial charge on any atom is 0.105 e. The lowest BCUT2D eigenvalue weighted by Gasteiger charge is -2.42. The zero-order valence-electron chi connectivity index (χ0n) is 22.5. The summed E-state index contributed by atoms with van der Waals surface area (Å²) in [6.07, 6.45) is 7.71. The number of nitrogens with zero attached hydrogens (tertiary/aromatic N) is 4. The molecule has 2 aliphatic carbocycles. The van der Waals surface area contributed by atoms with Gasteiger partial charge in [-0.25, -0.2) is 0 Å². The second-order valence-corrected chi connectivity index (χ2v) is 13.6. The highest BCUT2D eigenvalue weighted by Crippen LogP contribution is 2.57. The minimum atomic E-state index is 0.0145. The normalized spacial score (nSPS) is 40.5. The number of rotatable bonds is 1. The summed E-state index contributed by atoms with van der Waals surface area (Å²) in [4.78, 5) is 5.11. The van der Waals surface area contributed by atoms with Gasteiger partial charge >= 0.3 is 0 Å². The average Bonchev–Trinajstić information content (AvgIpc) is 3.65. The second-order valence-electron chi connectivity index (χ2n) is 13.6. The van der Waals surface area contributed by atoms with Crippen LogP contribution in [0.4, 0.5) is 0 Å². The summed E-state index contributed by atoms with van der Waals surface area (Å²) in [5, 5.41) is 2.90. The minimum absolute atomic E-state index is 0.0145. The number of fused-ring (bicyclic) bond motifs is 8. The molecule has 194 valence electrons. The van der Waals surface area contributed by atoms with Crippen LogP contribution in [0.25, 0.3) is 21.8 Å². The number of epoxide rings is 2. The fraction of sp³-hybridized carbons (Fsp3) is 0.500. The molecule has 10 rings (SSSR count). The van der Waals surface area contributed by atoms with Gasteiger partial charge in [0.2, 0.25) is 0 Å². The summed E-state index contributed by atoms with van der Waals surface area (Å²) in [5.41, 5.74) is 8.55. The van der Waals surface area contributed by atoms with Crippen molar-refractivity contribution in [2.75, 3.05) is 27.2 Å². The molecule has 2 aromatic heterocycles. The van der Waals surface area contributed by atoms with Gasteiger partial charge in [0.15, 0.2) is 0 Å². The molecule has 6 heterocycles. The van der Waals surface area contributed by atoms with Crippen molar-refractivity contribution in [2.24, 2.45) is 0 Å². The van der Waals surface area contributed by atoms with Crippen molar-refractivity contribution in [3.8, 4) is 0 Å². The molecular weight excluding hydrogens is 472 g/mol. The van der Waals surface area contributed by atoms with Crippen molar-refractivity contribution < 1.29 is 9.47 Å². The smallest absolute Gasteiger partial charge is 0.105 e. The topological polar surface area (TPSA) is 41.4 Å². The summed E-state index contributed by atoms with van der Waals surface area (Å²) in [6.45, 7) is 6.64. The van der Waals surface area contributed by atoms with Crippen LogP contribution in [0, 0.1) is 0 Å². The standard InChI is InChI=1S/C32H34N4O2/c1-31-15-33(3)23-11-17-13-35(21-9-5-7-19(25(17)21)27(23)29(31)37-31)36-14-18-12-24-28(20-8-6-10-22(36)26(18)20)30-32(2,38-30)16-34(24)4/h5-10,13-14,23-24,27-30H,11-12,15-16H2,1-4H3. The van der Waals surface area contributed by atoms with Crippen LogP contribution in [-0.4, -0.2) is 81.8 Å². The lowest BCUT2D eigenvalue weighted by Crippen LogP contribution is -2.51. The summed E-state index contributed by atoms with van der Waals surface area (Å²) in [7, 11) is 4.58. The van der Waals surface area contributed by atoms with Crippen molar-refractivity contribution in [3.05, 3.63) is 71.0 Å². The van der Waals surface area contributed by atoms with Crippen LogP contribution in [0.1, 0.15) is 47.9 Å². The predicted octanol–water partition coefficient (Wildman–Crippen LogP) is 4.13. The molecule has 0 saturated carbocycles. The molecule has 0 spiro atoms. The highest BCUT2D eigenvalue weighted by molar-refractivity contribution is 5.92. The molecule has 4 saturated heterocycles. The summed E-state index contributed by atoms with van der Waals surface area (Å²) in [5.74, 6) is 0.894. The van der Waals surface area contributed by atoms with E-state index in [1.165, 1.54) is 44.1 Å². The number of hydrogen-bond donors (Lipinski definition) is 0. The molecule has 8 atom stereocenters. The largest absolute Gasteiger partial charge is 0.364 e. The van der Waals surface area contributed by atoms with Crippen LogP contribution in [0.15, 0.2) is 48.8 Å². The van der Waals surface area contributed by atoms with Gasteiger partial charge in [-0.3, -0.25) is 19.2 Å². The van der Waals surface area contributed by atoms with E-state index in [1.807, 2.05) is 0 Å². The highest BCUT2D eigenvalue weighted by Gasteiger charge is 2.64. The van der Waals surface area contributed by atoms with E-state index in [4.69, 9.17) is 9.47 Å². The molecule has 2 aromatic carbocycles. The maximum atomic E-state index is 6.34. The Morgan fingerprint density at radius 2 is 1.13 bits per heavy atom. The third kappa shape index (κ3) is 2.37. The molecule has 38 heavy (non-hydrogen) atoms. The van der Waals surface area contributed by atoms with Gasteiger partial charge in [-0.1, -0.05) is 24.3 Å². The molecule has 0 bridgehead atoms. The predicted molar refractivity (Wildman–Crippen MR) is 147 cm³/mol. The fourth-order valence-corrected chi connectivity index (χ4v) is 9.59. The Morgan fingerprint density at radius 1 is 0.684 bits per heavy atom. The Hall–Kier alpha value is -2.64. The molecule has 4 aromatic rings. The molecule has 6 aliphatic rings. The first-order chi connectivity index (χ1) is 18.3. The number of aromatic nitrogens is 2.